The van der Waals surface area contributed by atoms with E-state index in [4.69, 9.17) is 4.74 Å². The number of halogens is 1. The van der Waals surface area contributed by atoms with Gasteiger partial charge in [-0.25, -0.2) is 4.39 Å². The minimum atomic E-state index is -0.243. The number of nitrogens with zero attached hydrogens (tertiary/aromatic N) is 1. The molecule has 130 valence electrons. The molecular weight excluding hydrogens is 313 g/mol. The van der Waals surface area contributed by atoms with Crippen molar-refractivity contribution >= 4 is 17.7 Å². The normalized spacial score (nSPS) is 13.0. The smallest absolute Gasteiger partial charge is 0.191 e. The molecule has 0 aromatic heterocycles. The van der Waals surface area contributed by atoms with Crippen LogP contribution in [-0.4, -0.2) is 44.7 Å². The number of benzene rings is 1. The molecule has 0 bridgehead atoms. The van der Waals surface area contributed by atoms with E-state index in [0.29, 0.717) is 6.54 Å². The maximum atomic E-state index is 13.0. The molecule has 1 rings (SSSR count). The first-order chi connectivity index (χ1) is 11.2. The van der Waals surface area contributed by atoms with Crippen LogP contribution in [0.1, 0.15) is 31.4 Å². The first kappa shape index (κ1) is 19.8. The molecule has 0 aliphatic rings. The van der Waals surface area contributed by atoms with Gasteiger partial charge in [-0.3, -0.25) is 4.99 Å². The number of guanidine groups is 1. The van der Waals surface area contributed by atoms with Crippen LogP contribution in [0.4, 0.5) is 4.39 Å². The number of unbranched alkanes of at least 4 members (excludes halogenated alkanes) is 1. The van der Waals surface area contributed by atoms with Gasteiger partial charge >= 0.3 is 0 Å². The van der Waals surface area contributed by atoms with E-state index in [1.165, 1.54) is 24.3 Å². The van der Waals surface area contributed by atoms with Crippen LogP contribution in [0, 0.1) is 5.82 Å². The van der Waals surface area contributed by atoms with E-state index in [0.717, 1.165) is 31.0 Å². The fourth-order valence-corrected chi connectivity index (χ4v) is 2.58. The Morgan fingerprint density at radius 3 is 2.61 bits per heavy atom. The zero-order chi connectivity index (χ0) is 16.9. The molecular formula is C17H28FN3OS. The summed E-state index contributed by atoms with van der Waals surface area (Å²) in [7, 11) is 1.65. The van der Waals surface area contributed by atoms with Crippen LogP contribution in [0.15, 0.2) is 29.3 Å². The van der Waals surface area contributed by atoms with Crippen LogP contribution in [0.25, 0.3) is 0 Å². The molecule has 1 unspecified atom stereocenters. The highest BCUT2D eigenvalue weighted by molar-refractivity contribution is 7.98. The van der Waals surface area contributed by atoms with Crippen LogP contribution in [-0.2, 0) is 4.74 Å². The molecule has 0 saturated carbocycles. The third-order valence-electron chi connectivity index (χ3n) is 3.35. The van der Waals surface area contributed by atoms with Gasteiger partial charge in [0.1, 0.15) is 11.9 Å². The van der Waals surface area contributed by atoms with E-state index < -0.39 is 0 Å². The van der Waals surface area contributed by atoms with Crippen molar-refractivity contribution in [3.05, 3.63) is 35.6 Å². The topological polar surface area (TPSA) is 45.7 Å². The minimum absolute atomic E-state index is 0.178. The van der Waals surface area contributed by atoms with Crippen molar-refractivity contribution in [3.63, 3.8) is 0 Å². The number of rotatable bonds is 10. The zero-order valence-corrected chi connectivity index (χ0v) is 15.1. The van der Waals surface area contributed by atoms with E-state index in [9.17, 15) is 4.39 Å². The minimum Gasteiger partial charge on any atom is -0.375 e. The van der Waals surface area contributed by atoms with E-state index in [-0.39, 0.29) is 11.9 Å². The highest BCUT2D eigenvalue weighted by Crippen LogP contribution is 2.17. The van der Waals surface area contributed by atoms with Gasteiger partial charge in [0.15, 0.2) is 5.96 Å². The molecule has 2 N–H and O–H groups in total. The summed E-state index contributed by atoms with van der Waals surface area (Å²) in [5.74, 6) is 1.74. The Bertz CT molecular complexity index is 454. The number of nitrogens with one attached hydrogen (secondary N) is 2. The zero-order valence-electron chi connectivity index (χ0n) is 14.3. The van der Waals surface area contributed by atoms with Gasteiger partial charge < -0.3 is 15.4 Å². The number of ether oxygens (including phenoxy) is 1. The molecule has 0 heterocycles. The lowest BCUT2D eigenvalue weighted by Gasteiger charge is -2.16. The molecule has 6 heteroatoms. The van der Waals surface area contributed by atoms with Crippen molar-refractivity contribution in [1.82, 2.24) is 10.6 Å². The summed E-state index contributed by atoms with van der Waals surface area (Å²) in [5, 5.41) is 6.57. The summed E-state index contributed by atoms with van der Waals surface area (Å²) in [6.45, 7) is 4.24. The van der Waals surface area contributed by atoms with Crippen LogP contribution in [0.2, 0.25) is 0 Å². The lowest BCUT2D eigenvalue weighted by molar-refractivity contribution is 0.111. The Labute approximate surface area is 143 Å². The predicted molar refractivity (Wildman–Crippen MR) is 97.7 cm³/mol. The van der Waals surface area contributed by atoms with Crippen molar-refractivity contribution in [1.29, 1.82) is 0 Å². The molecule has 0 aliphatic heterocycles. The van der Waals surface area contributed by atoms with Gasteiger partial charge in [-0.05, 0) is 49.5 Å². The maximum Gasteiger partial charge on any atom is 0.191 e. The standard InChI is InChI=1S/C17H28FN3OS/c1-4-19-17(20-11-5-6-12-23-3)21-13-16(22-2)14-7-9-15(18)10-8-14/h7-10,16H,4-6,11-13H2,1-3H3,(H2,19,20,21). The predicted octanol–water partition coefficient (Wildman–Crippen LogP) is 3.21. The van der Waals surface area contributed by atoms with Crippen LogP contribution in [0.3, 0.4) is 0 Å². The molecule has 1 atom stereocenters. The second kappa shape index (κ2) is 12.2. The molecule has 4 nitrogen and oxygen atoms in total. The second-order valence-electron chi connectivity index (χ2n) is 5.12. The summed E-state index contributed by atoms with van der Waals surface area (Å²) in [6.07, 6.45) is 4.27. The lowest BCUT2D eigenvalue weighted by Crippen LogP contribution is -2.38. The average molecular weight is 341 g/mol. The van der Waals surface area contributed by atoms with Gasteiger partial charge in [0, 0.05) is 20.2 Å². The summed E-state index contributed by atoms with van der Waals surface area (Å²) in [4.78, 5) is 4.57. The Kier molecular flexibility index (Phi) is 10.5. The van der Waals surface area contributed by atoms with Crippen LogP contribution >= 0.6 is 11.8 Å². The van der Waals surface area contributed by atoms with Crippen molar-refractivity contribution in [2.24, 2.45) is 4.99 Å². The van der Waals surface area contributed by atoms with Crippen molar-refractivity contribution < 1.29 is 9.13 Å². The number of aliphatic imine (C=N–C) groups is 1. The van der Waals surface area contributed by atoms with Crippen molar-refractivity contribution in [3.8, 4) is 0 Å². The number of thioether (sulfide) groups is 1. The highest BCUT2D eigenvalue weighted by atomic mass is 32.2. The Balaban J connectivity index is 2.54. The third kappa shape index (κ3) is 8.23. The quantitative estimate of drug-likeness (QED) is 0.390. The van der Waals surface area contributed by atoms with Gasteiger partial charge in [0.2, 0.25) is 0 Å². The van der Waals surface area contributed by atoms with Gasteiger partial charge in [-0.1, -0.05) is 12.1 Å². The molecule has 0 fully saturated rings. The fraction of sp³-hybridized carbons (Fsp3) is 0.588. The Morgan fingerprint density at radius 2 is 2.00 bits per heavy atom. The Hall–Kier alpha value is -1.27. The molecule has 0 radical (unpaired) electrons. The molecule has 0 saturated heterocycles. The van der Waals surface area contributed by atoms with Gasteiger partial charge in [-0.15, -0.1) is 0 Å². The summed E-state index contributed by atoms with van der Waals surface area (Å²) >= 11 is 1.87. The summed E-state index contributed by atoms with van der Waals surface area (Å²) in [5.41, 5.74) is 0.925. The number of hydrogen-bond donors (Lipinski definition) is 2. The third-order valence-corrected chi connectivity index (χ3v) is 4.05. The van der Waals surface area contributed by atoms with Gasteiger partial charge in [-0.2, -0.15) is 11.8 Å². The first-order valence-electron chi connectivity index (χ1n) is 8.00. The molecule has 1 aromatic carbocycles. The second-order valence-corrected chi connectivity index (χ2v) is 6.11. The van der Waals surface area contributed by atoms with Crippen molar-refractivity contribution in [2.75, 3.05) is 38.8 Å². The largest absolute Gasteiger partial charge is 0.375 e. The van der Waals surface area contributed by atoms with E-state index >= 15 is 0 Å². The molecule has 1 aromatic rings. The lowest BCUT2D eigenvalue weighted by atomic mass is 10.1. The first-order valence-corrected chi connectivity index (χ1v) is 9.40. The van der Waals surface area contributed by atoms with E-state index in [1.54, 1.807) is 19.2 Å². The highest BCUT2D eigenvalue weighted by Gasteiger charge is 2.10. The number of hydrogen-bond acceptors (Lipinski definition) is 3. The van der Waals surface area contributed by atoms with E-state index in [2.05, 4.69) is 21.9 Å². The monoisotopic (exact) mass is 341 g/mol. The van der Waals surface area contributed by atoms with Gasteiger partial charge in [0.05, 0.1) is 6.54 Å². The summed E-state index contributed by atoms with van der Waals surface area (Å²) < 4.78 is 18.5. The fourth-order valence-electron chi connectivity index (χ4n) is 2.09. The maximum absolute atomic E-state index is 13.0. The molecule has 0 aliphatic carbocycles. The average Bonchev–Trinajstić information content (AvgIpc) is 2.56. The molecule has 0 amide bonds. The van der Waals surface area contributed by atoms with Gasteiger partial charge in [0.25, 0.3) is 0 Å². The number of methoxy groups -OCH3 is 1. The van der Waals surface area contributed by atoms with E-state index in [1.807, 2.05) is 18.7 Å². The molecule has 23 heavy (non-hydrogen) atoms. The van der Waals surface area contributed by atoms with Crippen LogP contribution < -0.4 is 10.6 Å². The Morgan fingerprint density at radius 1 is 1.26 bits per heavy atom. The van der Waals surface area contributed by atoms with Crippen molar-refractivity contribution in [2.45, 2.75) is 25.9 Å². The summed E-state index contributed by atoms with van der Waals surface area (Å²) in [6, 6.07) is 6.37. The molecule has 0 spiro atoms. The van der Waals surface area contributed by atoms with Crippen LogP contribution in [0.5, 0.6) is 0 Å². The SMILES string of the molecule is CCNC(=NCC(OC)c1ccc(F)cc1)NCCCCSC.